The Hall–Kier alpha value is -2.36. The minimum absolute atomic E-state index is 0.00889. The Balaban J connectivity index is 1.88. The first-order chi connectivity index (χ1) is 10.7. The molecule has 1 fully saturated rings. The number of hydrogen-bond acceptors (Lipinski definition) is 3. The van der Waals surface area contributed by atoms with Crippen molar-refractivity contribution in [2.24, 2.45) is 5.92 Å². The zero-order valence-corrected chi connectivity index (χ0v) is 12.6. The van der Waals surface area contributed by atoms with Crippen LogP contribution in [-0.4, -0.2) is 37.0 Å². The summed E-state index contributed by atoms with van der Waals surface area (Å²) in [5.74, 6) is -0.446. The van der Waals surface area contributed by atoms with Gasteiger partial charge in [-0.25, -0.2) is 0 Å². The highest BCUT2D eigenvalue weighted by atomic mass is 16.5. The van der Waals surface area contributed by atoms with Gasteiger partial charge in [0.05, 0.1) is 13.0 Å². The summed E-state index contributed by atoms with van der Waals surface area (Å²) < 4.78 is 4.82. The van der Waals surface area contributed by atoms with E-state index in [1.165, 1.54) is 7.11 Å². The fraction of sp³-hybridized carbons (Fsp3) is 0.333. The standard InChI is InChI=1S/C18H19NO3/c1-22-18(21)14-8-5-11-19(12-14)17(20)16-10-4-7-13-6-2-3-9-15(13)16/h2-4,6-7,9-10,14H,5,8,11-12H2,1H3. The Morgan fingerprint density at radius 1 is 1.14 bits per heavy atom. The molecule has 1 heterocycles. The second-order valence-corrected chi connectivity index (χ2v) is 5.64. The van der Waals surface area contributed by atoms with Gasteiger partial charge in [0.1, 0.15) is 0 Å². The third kappa shape index (κ3) is 2.69. The van der Waals surface area contributed by atoms with Crippen LogP contribution in [0.1, 0.15) is 23.2 Å². The van der Waals surface area contributed by atoms with Gasteiger partial charge in [-0.05, 0) is 29.7 Å². The molecule has 0 N–H and O–H groups in total. The Labute approximate surface area is 129 Å². The van der Waals surface area contributed by atoms with E-state index in [9.17, 15) is 9.59 Å². The summed E-state index contributed by atoms with van der Waals surface area (Å²) in [6.07, 6.45) is 1.61. The molecule has 1 aliphatic heterocycles. The largest absolute Gasteiger partial charge is 0.469 e. The van der Waals surface area contributed by atoms with Crippen LogP contribution in [0.3, 0.4) is 0 Å². The maximum absolute atomic E-state index is 12.8. The molecule has 0 spiro atoms. The number of carbonyl (C=O) groups is 2. The number of likely N-dealkylation sites (tertiary alicyclic amines) is 1. The normalized spacial score (nSPS) is 18.2. The molecule has 4 heteroatoms. The molecule has 1 unspecified atom stereocenters. The van der Waals surface area contributed by atoms with Gasteiger partial charge in [-0.15, -0.1) is 0 Å². The van der Waals surface area contributed by atoms with E-state index in [2.05, 4.69) is 0 Å². The van der Waals surface area contributed by atoms with Crippen LogP contribution in [0, 0.1) is 5.92 Å². The molecular formula is C18H19NO3. The summed E-state index contributed by atoms with van der Waals surface area (Å²) in [5, 5.41) is 2.00. The van der Waals surface area contributed by atoms with Crippen molar-refractivity contribution in [3.63, 3.8) is 0 Å². The van der Waals surface area contributed by atoms with Crippen LogP contribution in [-0.2, 0) is 9.53 Å². The first kappa shape index (κ1) is 14.6. The lowest BCUT2D eigenvalue weighted by molar-refractivity contribution is -0.146. The smallest absolute Gasteiger partial charge is 0.310 e. The first-order valence-corrected chi connectivity index (χ1v) is 7.55. The van der Waals surface area contributed by atoms with Crippen LogP contribution in [0.25, 0.3) is 10.8 Å². The van der Waals surface area contributed by atoms with Gasteiger partial charge in [0.15, 0.2) is 0 Å². The lowest BCUT2D eigenvalue weighted by Crippen LogP contribution is -2.42. The molecule has 0 aliphatic carbocycles. The highest BCUT2D eigenvalue weighted by molar-refractivity contribution is 6.07. The van der Waals surface area contributed by atoms with E-state index in [-0.39, 0.29) is 17.8 Å². The molecule has 2 aromatic rings. The third-order valence-electron chi connectivity index (χ3n) is 4.26. The SMILES string of the molecule is COC(=O)C1CCCN(C(=O)c2cccc3ccccc23)C1. The maximum Gasteiger partial charge on any atom is 0.310 e. The van der Waals surface area contributed by atoms with E-state index in [4.69, 9.17) is 4.74 Å². The van der Waals surface area contributed by atoms with Gasteiger partial charge in [-0.2, -0.15) is 0 Å². The molecule has 0 aromatic heterocycles. The Morgan fingerprint density at radius 2 is 1.91 bits per heavy atom. The summed E-state index contributed by atoms with van der Waals surface area (Å²) in [5.41, 5.74) is 0.698. The summed E-state index contributed by atoms with van der Waals surface area (Å²) in [4.78, 5) is 26.3. The van der Waals surface area contributed by atoms with Crippen LogP contribution in [0.2, 0.25) is 0 Å². The Bertz CT molecular complexity index is 705. The Kier molecular flexibility index (Phi) is 4.09. The van der Waals surface area contributed by atoms with E-state index in [0.29, 0.717) is 18.7 Å². The predicted octanol–water partition coefficient (Wildman–Crippen LogP) is 2.87. The van der Waals surface area contributed by atoms with Gasteiger partial charge in [0.2, 0.25) is 0 Å². The molecule has 0 saturated carbocycles. The highest BCUT2D eigenvalue weighted by Crippen LogP contribution is 2.23. The number of methoxy groups -OCH3 is 1. The molecule has 0 bridgehead atoms. The monoisotopic (exact) mass is 297 g/mol. The lowest BCUT2D eigenvalue weighted by Gasteiger charge is -2.31. The predicted molar refractivity (Wildman–Crippen MR) is 84.6 cm³/mol. The summed E-state index contributed by atoms with van der Waals surface area (Å²) in [6.45, 7) is 1.13. The van der Waals surface area contributed by atoms with E-state index in [1.807, 2.05) is 42.5 Å². The van der Waals surface area contributed by atoms with Crippen LogP contribution in [0.4, 0.5) is 0 Å². The van der Waals surface area contributed by atoms with Crippen molar-refractivity contribution in [3.8, 4) is 0 Å². The highest BCUT2D eigenvalue weighted by Gasteiger charge is 2.29. The minimum Gasteiger partial charge on any atom is -0.469 e. The lowest BCUT2D eigenvalue weighted by atomic mass is 9.96. The number of nitrogens with zero attached hydrogens (tertiary/aromatic N) is 1. The van der Waals surface area contributed by atoms with Crippen LogP contribution in [0.15, 0.2) is 42.5 Å². The molecule has 22 heavy (non-hydrogen) atoms. The molecule has 0 radical (unpaired) electrons. The number of fused-ring (bicyclic) bond motifs is 1. The topological polar surface area (TPSA) is 46.6 Å². The number of benzene rings is 2. The van der Waals surface area contributed by atoms with Gasteiger partial charge < -0.3 is 9.64 Å². The van der Waals surface area contributed by atoms with E-state index in [1.54, 1.807) is 4.90 Å². The fourth-order valence-corrected chi connectivity index (χ4v) is 3.10. The van der Waals surface area contributed by atoms with Crippen molar-refractivity contribution in [1.29, 1.82) is 0 Å². The van der Waals surface area contributed by atoms with Gasteiger partial charge >= 0.3 is 5.97 Å². The number of carbonyl (C=O) groups excluding carboxylic acids is 2. The molecule has 3 rings (SSSR count). The molecule has 2 aromatic carbocycles. The second kappa shape index (κ2) is 6.18. The van der Waals surface area contributed by atoms with Crippen molar-refractivity contribution >= 4 is 22.6 Å². The van der Waals surface area contributed by atoms with Crippen molar-refractivity contribution in [1.82, 2.24) is 4.90 Å². The van der Waals surface area contributed by atoms with Gasteiger partial charge in [-0.3, -0.25) is 9.59 Å². The van der Waals surface area contributed by atoms with Crippen molar-refractivity contribution in [2.75, 3.05) is 20.2 Å². The zero-order chi connectivity index (χ0) is 15.5. The molecule has 1 amide bonds. The van der Waals surface area contributed by atoms with Gasteiger partial charge in [0, 0.05) is 18.7 Å². The molecular weight excluding hydrogens is 278 g/mol. The molecule has 1 saturated heterocycles. The Morgan fingerprint density at radius 3 is 2.73 bits per heavy atom. The first-order valence-electron chi connectivity index (χ1n) is 7.55. The molecule has 114 valence electrons. The number of piperidine rings is 1. The average Bonchev–Trinajstić information content (AvgIpc) is 2.60. The summed E-state index contributed by atoms with van der Waals surface area (Å²) in [6, 6.07) is 13.6. The summed E-state index contributed by atoms with van der Waals surface area (Å²) in [7, 11) is 1.40. The van der Waals surface area contributed by atoms with Crippen molar-refractivity contribution in [2.45, 2.75) is 12.8 Å². The number of ether oxygens (including phenoxy) is 1. The second-order valence-electron chi connectivity index (χ2n) is 5.64. The van der Waals surface area contributed by atoms with Gasteiger partial charge in [0.25, 0.3) is 5.91 Å². The van der Waals surface area contributed by atoms with Crippen molar-refractivity contribution in [3.05, 3.63) is 48.0 Å². The molecule has 4 nitrogen and oxygen atoms in total. The number of hydrogen-bond donors (Lipinski definition) is 0. The number of amides is 1. The fourth-order valence-electron chi connectivity index (χ4n) is 3.10. The molecule has 1 atom stereocenters. The number of esters is 1. The minimum atomic E-state index is -0.226. The summed E-state index contributed by atoms with van der Waals surface area (Å²) >= 11 is 0. The number of rotatable bonds is 2. The van der Waals surface area contributed by atoms with E-state index < -0.39 is 0 Å². The average molecular weight is 297 g/mol. The van der Waals surface area contributed by atoms with Gasteiger partial charge in [-0.1, -0.05) is 36.4 Å². The quantitative estimate of drug-likeness (QED) is 0.801. The third-order valence-corrected chi connectivity index (χ3v) is 4.26. The van der Waals surface area contributed by atoms with E-state index >= 15 is 0 Å². The van der Waals surface area contributed by atoms with Crippen LogP contribution >= 0.6 is 0 Å². The van der Waals surface area contributed by atoms with Crippen LogP contribution in [0.5, 0.6) is 0 Å². The van der Waals surface area contributed by atoms with Crippen LogP contribution < -0.4 is 0 Å². The molecule has 1 aliphatic rings. The van der Waals surface area contributed by atoms with Crippen molar-refractivity contribution < 1.29 is 14.3 Å². The van der Waals surface area contributed by atoms with E-state index in [0.717, 1.165) is 23.6 Å². The zero-order valence-electron chi connectivity index (χ0n) is 12.6. The maximum atomic E-state index is 12.8.